The van der Waals surface area contributed by atoms with E-state index in [1.54, 1.807) is 12.1 Å². The lowest BCUT2D eigenvalue weighted by molar-refractivity contribution is -0.141. The third kappa shape index (κ3) is 3.84. The highest BCUT2D eigenvalue weighted by Gasteiger charge is 2.21. The van der Waals surface area contributed by atoms with Crippen LogP contribution in [0.4, 0.5) is 10.5 Å². The highest BCUT2D eigenvalue weighted by Crippen LogP contribution is 2.23. The Labute approximate surface area is 127 Å². The standard InChI is InChI=1S/C11H12BrIN2O3/c1-6(10(16)17)15(2)11(18)14-7-3-4-9(13)8(12)5-7/h3-6H,1-2H3,(H,14,18)(H,16,17). The molecule has 18 heavy (non-hydrogen) atoms. The molecule has 0 radical (unpaired) electrons. The molecule has 1 atom stereocenters. The minimum absolute atomic E-state index is 0.460. The van der Waals surface area contributed by atoms with Gasteiger partial charge in [0.1, 0.15) is 6.04 Å². The minimum atomic E-state index is -1.04. The highest BCUT2D eigenvalue weighted by atomic mass is 127. The van der Waals surface area contributed by atoms with Crippen molar-refractivity contribution in [3.63, 3.8) is 0 Å². The summed E-state index contributed by atoms with van der Waals surface area (Å²) in [7, 11) is 1.44. The van der Waals surface area contributed by atoms with Crippen LogP contribution in [0.15, 0.2) is 22.7 Å². The predicted octanol–water partition coefficient (Wildman–Crippen LogP) is 2.99. The van der Waals surface area contributed by atoms with Crippen LogP contribution in [-0.2, 0) is 4.79 Å². The third-order valence-corrected chi connectivity index (χ3v) is 4.77. The Kier molecular flexibility index (Phi) is 5.39. The van der Waals surface area contributed by atoms with Gasteiger partial charge in [-0.15, -0.1) is 0 Å². The number of carboxylic acids is 1. The van der Waals surface area contributed by atoms with Crippen LogP contribution in [0.3, 0.4) is 0 Å². The number of halogens is 2. The Hall–Kier alpha value is -0.830. The second-order valence-electron chi connectivity index (χ2n) is 3.68. The van der Waals surface area contributed by atoms with E-state index in [0.717, 1.165) is 12.9 Å². The zero-order valence-corrected chi connectivity index (χ0v) is 13.5. The monoisotopic (exact) mass is 426 g/mol. The molecule has 0 bridgehead atoms. The number of anilines is 1. The number of hydrogen-bond donors (Lipinski definition) is 2. The van der Waals surface area contributed by atoms with E-state index in [1.807, 2.05) is 6.07 Å². The Balaban J connectivity index is 2.75. The zero-order valence-electron chi connectivity index (χ0n) is 9.78. The molecule has 2 amide bonds. The summed E-state index contributed by atoms with van der Waals surface area (Å²) in [6, 6.07) is 4.03. The van der Waals surface area contributed by atoms with E-state index < -0.39 is 18.0 Å². The van der Waals surface area contributed by atoms with Crippen molar-refractivity contribution in [3.8, 4) is 0 Å². The normalized spacial score (nSPS) is 11.8. The molecule has 0 saturated carbocycles. The minimum Gasteiger partial charge on any atom is -0.480 e. The predicted molar refractivity (Wildman–Crippen MR) is 80.7 cm³/mol. The van der Waals surface area contributed by atoms with Crippen LogP contribution in [0.5, 0.6) is 0 Å². The van der Waals surface area contributed by atoms with Crippen molar-refractivity contribution in [2.75, 3.05) is 12.4 Å². The number of likely N-dealkylation sites (N-methyl/N-ethyl adjacent to an activating group) is 1. The summed E-state index contributed by atoms with van der Waals surface area (Å²) >= 11 is 5.52. The van der Waals surface area contributed by atoms with E-state index in [1.165, 1.54) is 14.0 Å². The van der Waals surface area contributed by atoms with E-state index in [0.29, 0.717) is 5.69 Å². The van der Waals surface area contributed by atoms with Crippen LogP contribution in [0.2, 0.25) is 0 Å². The van der Waals surface area contributed by atoms with Crippen molar-refractivity contribution in [1.29, 1.82) is 0 Å². The van der Waals surface area contributed by atoms with Crippen molar-refractivity contribution in [1.82, 2.24) is 4.90 Å². The van der Waals surface area contributed by atoms with E-state index in [9.17, 15) is 9.59 Å². The molecular weight excluding hydrogens is 415 g/mol. The second kappa shape index (κ2) is 6.37. The van der Waals surface area contributed by atoms with Crippen LogP contribution < -0.4 is 5.32 Å². The van der Waals surface area contributed by atoms with Gasteiger partial charge in [-0.05, 0) is 63.6 Å². The molecule has 1 aromatic rings. The van der Waals surface area contributed by atoms with Crippen LogP contribution in [0.1, 0.15) is 6.92 Å². The number of hydrogen-bond acceptors (Lipinski definition) is 2. The van der Waals surface area contributed by atoms with Gasteiger partial charge in [0.05, 0.1) is 0 Å². The van der Waals surface area contributed by atoms with Gasteiger partial charge in [-0.25, -0.2) is 9.59 Å². The number of nitrogens with one attached hydrogen (secondary N) is 1. The van der Waals surface area contributed by atoms with Crippen molar-refractivity contribution in [3.05, 3.63) is 26.2 Å². The van der Waals surface area contributed by atoms with E-state index in [2.05, 4.69) is 43.8 Å². The van der Waals surface area contributed by atoms with Gasteiger partial charge in [-0.2, -0.15) is 0 Å². The number of rotatable bonds is 3. The average molecular weight is 427 g/mol. The van der Waals surface area contributed by atoms with Gasteiger partial charge in [0.2, 0.25) is 0 Å². The Morgan fingerprint density at radius 2 is 2.11 bits per heavy atom. The van der Waals surface area contributed by atoms with Gasteiger partial charge in [-0.3, -0.25) is 0 Å². The fourth-order valence-electron chi connectivity index (χ4n) is 1.13. The quantitative estimate of drug-likeness (QED) is 0.730. The molecule has 5 nitrogen and oxygen atoms in total. The third-order valence-electron chi connectivity index (χ3n) is 2.43. The molecule has 7 heteroatoms. The first-order valence-corrected chi connectivity index (χ1v) is 6.91. The number of aliphatic carboxylic acids is 1. The van der Waals surface area contributed by atoms with Gasteiger partial charge in [-0.1, -0.05) is 0 Å². The van der Waals surface area contributed by atoms with Gasteiger partial charge in [0, 0.05) is 20.8 Å². The lowest BCUT2D eigenvalue weighted by atomic mass is 10.3. The van der Waals surface area contributed by atoms with Crippen molar-refractivity contribution in [2.24, 2.45) is 0 Å². The van der Waals surface area contributed by atoms with Gasteiger partial charge >= 0.3 is 12.0 Å². The molecule has 0 aliphatic heterocycles. The number of carbonyl (C=O) groups excluding carboxylic acids is 1. The molecule has 0 heterocycles. The van der Waals surface area contributed by atoms with Crippen molar-refractivity contribution in [2.45, 2.75) is 13.0 Å². The molecular formula is C11H12BrIN2O3. The largest absolute Gasteiger partial charge is 0.480 e. The molecule has 0 spiro atoms. The molecule has 2 N–H and O–H groups in total. The lowest BCUT2D eigenvalue weighted by Gasteiger charge is -2.21. The first kappa shape index (κ1) is 15.2. The van der Waals surface area contributed by atoms with Crippen LogP contribution >= 0.6 is 38.5 Å². The van der Waals surface area contributed by atoms with E-state index in [4.69, 9.17) is 5.11 Å². The van der Waals surface area contributed by atoms with Crippen molar-refractivity contribution < 1.29 is 14.7 Å². The van der Waals surface area contributed by atoms with Crippen molar-refractivity contribution >= 4 is 56.2 Å². The summed E-state index contributed by atoms with van der Waals surface area (Å²) in [4.78, 5) is 23.7. The molecule has 0 saturated heterocycles. The number of carboxylic acid groups (broad SMARTS) is 1. The summed E-state index contributed by atoms with van der Waals surface area (Å²) in [5, 5.41) is 11.5. The SMILES string of the molecule is CC(C(=O)O)N(C)C(=O)Nc1ccc(I)c(Br)c1. The first-order valence-electron chi connectivity index (χ1n) is 5.04. The van der Waals surface area contributed by atoms with E-state index >= 15 is 0 Å². The number of urea groups is 1. The Bertz CT molecular complexity index is 481. The summed E-state index contributed by atoms with van der Waals surface area (Å²) < 4.78 is 1.90. The molecule has 1 rings (SSSR count). The summed E-state index contributed by atoms with van der Waals surface area (Å²) in [5.74, 6) is -1.04. The molecule has 0 aliphatic rings. The first-order chi connectivity index (χ1) is 8.32. The molecule has 0 aliphatic carbocycles. The molecule has 1 aromatic carbocycles. The highest BCUT2D eigenvalue weighted by molar-refractivity contribution is 14.1. The van der Waals surface area contributed by atoms with Gasteiger partial charge in [0.25, 0.3) is 0 Å². The fourth-order valence-corrected chi connectivity index (χ4v) is 1.84. The summed E-state index contributed by atoms with van der Waals surface area (Å²) in [6.07, 6.45) is 0. The second-order valence-corrected chi connectivity index (χ2v) is 5.70. The molecule has 0 aromatic heterocycles. The number of benzene rings is 1. The van der Waals surface area contributed by atoms with Crippen LogP contribution in [0, 0.1) is 3.57 Å². The molecule has 1 unspecified atom stereocenters. The maximum Gasteiger partial charge on any atom is 0.326 e. The fraction of sp³-hybridized carbons (Fsp3) is 0.273. The van der Waals surface area contributed by atoms with Crippen LogP contribution in [0.25, 0.3) is 0 Å². The number of carbonyl (C=O) groups is 2. The summed E-state index contributed by atoms with van der Waals surface area (Å²) in [6.45, 7) is 1.45. The van der Waals surface area contributed by atoms with Crippen LogP contribution in [-0.4, -0.2) is 35.1 Å². The lowest BCUT2D eigenvalue weighted by Crippen LogP contribution is -2.42. The molecule has 0 fully saturated rings. The number of amides is 2. The smallest absolute Gasteiger partial charge is 0.326 e. The van der Waals surface area contributed by atoms with Gasteiger partial charge in [0.15, 0.2) is 0 Å². The number of nitrogens with zero attached hydrogens (tertiary/aromatic N) is 1. The average Bonchev–Trinajstić information content (AvgIpc) is 2.31. The maximum absolute atomic E-state index is 11.8. The Morgan fingerprint density at radius 3 is 2.61 bits per heavy atom. The van der Waals surface area contributed by atoms with E-state index in [-0.39, 0.29) is 0 Å². The summed E-state index contributed by atoms with van der Waals surface area (Å²) in [5.41, 5.74) is 0.608. The maximum atomic E-state index is 11.8. The topological polar surface area (TPSA) is 69.6 Å². The van der Waals surface area contributed by atoms with Gasteiger partial charge < -0.3 is 15.3 Å². The zero-order chi connectivity index (χ0) is 13.9. The Morgan fingerprint density at radius 1 is 1.50 bits per heavy atom. The molecule has 98 valence electrons.